The molecule has 2 aliphatic heterocycles. The maximum atomic E-state index is 12.9. The topological polar surface area (TPSA) is 93.7 Å². The second-order valence-electron chi connectivity index (χ2n) is 8.48. The number of aromatic nitrogens is 2. The van der Waals surface area contributed by atoms with Crippen LogP contribution in [0.15, 0.2) is 72.8 Å². The number of rotatable bonds is 6. The van der Waals surface area contributed by atoms with E-state index in [0.717, 1.165) is 17.0 Å². The highest BCUT2D eigenvalue weighted by molar-refractivity contribution is 6.21. The van der Waals surface area contributed by atoms with Gasteiger partial charge in [0, 0.05) is 13.1 Å². The molecule has 0 saturated heterocycles. The van der Waals surface area contributed by atoms with E-state index in [0.29, 0.717) is 47.7 Å². The molecule has 0 aliphatic carbocycles. The van der Waals surface area contributed by atoms with Crippen molar-refractivity contribution in [2.24, 2.45) is 0 Å². The van der Waals surface area contributed by atoms with Gasteiger partial charge < -0.3 is 14.8 Å². The number of nitrogens with zero attached hydrogens (tertiary/aromatic N) is 3. The first-order chi connectivity index (χ1) is 17.2. The number of para-hydroxylation sites is 4. The van der Waals surface area contributed by atoms with Crippen molar-refractivity contribution in [3.63, 3.8) is 0 Å². The molecule has 6 rings (SSSR count). The predicted molar refractivity (Wildman–Crippen MR) is 128 cm³/mol. The van der Waals surface area contributed by atoms with Crippen molar-refractivity contribution >= 4 is 22.8 Å². The minimum absolute atomic E-state index is 0.0532. The second kappa shape index (κ2) is 8.81. The lowest BCUT2D eigenvalue weighted by atomic mass is 10.1. The van der Waals surface area contributed by atoms with Gasteiger partial charge in [0.1, 0.15) is 12.7 Å². The van der Waals surface area contributed by atoms with Gasteiger partial charge in [-0.3, -0.25) is 14.5 Å². The minimum atomic E-state index is -0.314. The molecular formula is C27H22N4O4. The summed E-state index contributed by atoms with van der Waals surface area (Å²) < 4.78 is 11.8. The summed E-state index contributed by atoms with van der Waals surface area (Å²) in [6, 6.07) is 22.0. The van der Waals surface area contributed by atoms with E-state index in [1.807, 2.05) is 48.5 Å². The lowest BCUT2D eigenvalue weighted by Gasteiger charge is -2.26. The van der Waals surface area contributed by atoms with E-state index in [-0.39, 0.29) is 24.5 Å². The molecule has 8 nitrogen and oxygen atoms in total. The van der Waals surface area contributed by atoms with Crippen LogP contribution in [-0.4, -0.2) is 45.9 Å². The van der Waals surface area contributed by atoms with Gasteiger partial charge in [-0.05, 0) is 36.4 Å². The fourth-order valence-corrected chi connectivity index (χ4v) is 4.39. The van der Waals surface area contributed by atoms with Crippen molar-refractivity contribution in [1.29, 1.82) is 0 Å². The van der Waals surface area contributed by atoms with Crippen LogP contribution in [0.5, 0.6) is 11.5 Å². The van der Waals surface area contributed by atoms with Crippen molar-refractivity contribution in [3.8, 4) is 11.5 Å². The van der Waals surface area contributed by atoms with Gasteiger partial charge in [0.15, 0.2) is 11.5 Å². The standard InChI is InChI=1S/C27H22N4O4/c32-26-18-7-1-2-8-19(18)27(33)31(26)15-23-22(29-20-9-3-4-10-21(20)30-23)14-28-13-17-16-34-24-11-5-6-12-25(24)35-17/h1-12,17,28H,13-16H2. The molecule has 0 bridgehead atoms. The van der Waals surface area contributed by atoms with Crippen molar-refractivity contribution < 1.29 is 19.1 Å². The number of benzene rings is 3. The van der Waals surface area contributed by atoms with Crippen molar-refractivity contribution in [2.75, 3.05) is 13.2 Å². The number of fused-ring (bicyclic) bond motifs is 3. The Morgan fingerprint density at radius 1 is 0.800 bits per heavy atom. The third kappa shape index (κ3) is 3.98. The SMILES string of the molecule is O=C1c2ccccc2C(=O)N1Cc1nc2ccccc2nc1CNCC1COc2ccccc2O1. The summed E-state index contributed by atoms with van der Waals surface area (Å²) in [5.74, 6) is 0.839. The van der Waals surface area contributed by atoms with Gasteiger partial charge >= 0.3 is 0 Å². The Kier molecular flexibility index (Phi) is 5.35. The van der Waals surface area contributed by atoms with Crippen LogP contribution in [0.1, 0.15) is 32.1 Å². The molecule has 2 aliphatic rings. The van der Waals surface area contributed by atoms with E-state index in [4.69, 9.17) is 19.4 Å². The van der Waals surface area contributed by atoms with Crippen LogP contribution in [0.3, 0.4) is 0 Å². The van der Waals surface area contributed by atoms with Crippen molar-refractivity contribution in [3.05, 3.63) is 95.3 Å². The summed E-state index contributed by atoms with van der Waals surface area (Å²) in [6.45, 7) is 1.43. The van der Waals surface area contributed by atoms with Crippen LogP contribution in [0, 0.1) is 0 Å². The Bertz CT molecular complexity index is 1420. The number of hydrogen-bond acceptors (Lipinski definition) is 7. The molecule has 8 heteroatoms. The highest BCUT2D eigenvalue weighted by atomic mass is 16.6. The average Bonchev–Trinajstić information content (AvgIpc) is 3.13. The first kappa shape index (κ1) is 21.2. The summed E-state index contributed by atoms with van der Waals surface area (Å²) in [7, 11) is 0. The van der Waals surface area contributed by atoms with E-state index < -0.39 is 0 Å². The molecule has 0 spiro atoms. The van der Waals surface area contributed by atoms with Crippen LogP contribution in [0.4, 0.5) is 0 Å². The molecular weight excluding hydrogens is 444 g/mol. The third-order valence-electron chi connectivity index (χ3n) is 6.14. The summed E-state index contributed by atoms with van der Waals surface area (Å²) in [4.78, 5) is 36.6. The van der Waals surface area contributed by atoms with E-state index in [9.17, 15) is 9.59 Å². The zero-order chi connectivity index (χ0) is 23.8. The number of hydrogen-bond donors (Lipinski definition) is 1. The molecule has 0 saturated carbocycles. The van der Waals surface area contributed by atoms with Crippen molar-refractivity contribution in [2.45, 2.75) is 19.2 Å². The van der Waals surface area contributed by atoms with Crippen LogP contribution in [0.2, 0.25) is 0 Å². The van der Waals surface area contributed by atoms with Gasteiger partial charge in [-0.1, -0.05) is 36.4 Å². The summed E-state index contributed by atoms with van der Waals surface area (Å²) in [6.07, 6.45) is -0.155. The monoisotopic (exact) mass is 466 g/mol. The average molecular weight is 466 g/mol. The molecule has 174 valence electrons. The van der Waals surface area contributed by atoms with E-state index in [2.05, 4.69) is 5.32 Å². The van der Waals surface area contributed by atoms with Crippen LogP contribution < -0.4 is 14.8 Å². The zero-order valence-electron chi connectivity index (χ0n) is 18.8. The molecule has 3 heterocycles. The number of imide groups is 1. The quantitative estimate of drug-likeness (QED) is 0.436. The largest absolute Gasteiger partial charge is 0.486 e. The molecule has 35 heavy (non-hydrogen) atoms. The number of carbonyl (C=O) groups excluding carboxylic acids is 2. The lowest BCUT2D eigenvalue weighted by molar-refractivity contribution is 0.0640. The summed E-state index contributed by atoms with van der Waals surface area (Å²) in [5, 5.41) is 3.38. The molecule has 1 N–H and O–H groups in total. The van der Waals surface area contributed by atoms with Gasteiger partial charge in [0.2, 0.25) is 0 Å². The van der Waals surface area contributed by atoms with E-state index in [1.54, 1.807) is 24.3 Å². The van der Waals surface area contributed by atoms with Crippen LogP contribution in [-0.2, 0) is 13.1 Å². The van der Waals surface area contributed by atoms with Gasteiger partial charge in [-0.2, -0.15) is 0 Å². The van der Waals surface area contributed by atoms with Gasteiger partial charge in [0.25, 0.3) is 11.8 Å². The molecule has 1 aromatic heterocycles. The van der Waals surface area contributed by atoms with E-state index >= 15 is 0 Å². The molecule has 0 fully saturated rings. The fraction of sp³-hybridized carbons (Fsp3) is 0.185. The number of nitrogens with one attached hydrogen (secondary N) is 1. The first-order valence-electron chi connectivity index (χ1n) is 11.5. The number of ether oxygens (including phenoxy) is 2. The number of amides is 2. The van der Waals surface area contributed by atoms with Crippen molar-refractivity contribution in [1.82, 2.24) is 20.2 Å². The molecule has 4 aromatic rings. The zero-order valence-corrected chi connectivity index (χ0v) is 18.8. The third-order valence-corrected chi connectivity index (χ3v) is 6.14. The Morgan fingerprint density at radius 3 is 2.11 bits per heavy atom. The maximum absolute atomic E-state index is 12.9. The van der Waals surface area contributed by atoms with Gasteiger partial charge in [-0.15, -0.1) is 0 Å². The van der Waals surface area contributed by atoms with Gasteiger partial charge in [0.05, 0.1) is 40.1 Å². The second-order valence-corrected chi connectivity index (χ2v) is 8.48. The minimum Gasteiger partial charge on any atom is -0.486 e. The Hall–Kier alpha value is -4.30. The maximum Gasteiger partial charge on any atom is 0.261 e. The molecule has 3 aromatic carbocycles. The molecule has 2 amide bonds. The summed E-state index contributed by atoms with van der Waals surface area (Å²) in [5.41, 5.74) is 3.56. The lowest BCUT2D eigenvalue weighted by Crippen LogP contribution is -2.38. The molecule has 1 atom stereocenters. The summed E-state index contributed by atoms with van der Waals surface area (Å²) >= 11 is 0. The Labute approximate surface area is 201 Å². The van der Waals surface area contributed by atoms with E-state index in [1.165, 1.54) is 4.90 Å². The fourth-order valence-electron chi connectivity index (χ4n) is 4.39. The smallest absolute Gasteiger partial charge is 0.261 e. The molecule has 0 radical (unpaired) electrons. The Morgan fingerprint density at radius 2 is 1.40 bits per heavy atom. The number of carbonyl (C=O) groups is 2. The Balaban J connectivity index is 1.22. The normalized spacial score (nSPS) is 16.6. The predicted octanol–water partition coefficient (Wildman–Crippen LogP) is 3.36. The van der Waals surface area contributed by atoms with Crippen LogP contribution in [0.25, 0.3) is 11.0 Å². The first-order valence-corrected chi connectivity index (χ1v) is 11.5. The molecule has 1 unspecified atom stereocenters. The van der Waals surface area contributed by atoms with Gasteiger partial charge in [-0.25, -0.2) is 9.97 Å². The highest BCUT2D eigenvalue weighted by Gasteiger charge is 2.36. The highest BCUT2D eigenvalue weighted by Crippen LogP contribution is 2.30. The van der Waals surface area contributed by atoms with Crippen LogP contribution >= 0.6 is 0 Å².